The van der Waals surface area contributed by atoms with Gasteiger partial charge in [0.2, 0.25) is 0 Å². The Morgan fingerprint density at radius 1 is 1.14 bits per heavy atom. The number of benzene rings is 1. The average molecular weight is 335 g/mol. The Hall–Kier alpha value is -0.930. The first kappa shape index (κ1) is 15.9. The maximum Gasteiger partial charge on any atom is 0.165 e. The molecule has 22 heavy (non-hydrogen) atoms. The molecule has 3 rings (SSSR count). The molecule has 1 unspecified atom stereocenters. The third-order valence-electron chi connectivity index (χ3n) is 4.49. The number of hydrogen-bond donors (Lipinski definition) is 0. The van der Waals surface area contributed by atoms with Gasteiger partial charge in [-0.3, -0.25) is 0 Å². The van der Waals surface area contributed by atoms with Crippen molar-refractivity contribution in [3.8, 4) is 0 Å². The summed E-state index contributed by atoms with van der Waals surface area (Å²) in [5.41, 5.74) is 0.984. The number of amidine groups is 1. The minimum absolute atomic E-state index is 0.478. The molecule has 1 saturated carbocycles. The SMILES string of the molecule is C=CC1CCN(C2CCCCC2)C(=Nc2ccc(Cl)cc2)S1. The number of hydrogen-bond acceptors (Lipinski definition) is 2. The third kappa shape index (κ3) is 3.88. The fraction of sp³-hybridized carbons (Fsp3) is 0.500. The van der Waals surface area contributed by atoms with Gasteiger partial charge in [-0.05, 0) is 43.5 Å². The number of aliphatic imine (C=N–C) groups is 1. The van der Waals surface area contributed by atoms with Crippen LogP contribution in [0.3, 0.4) is 0 Å². The van der Waals surface area contributed by atoms with E-state index in [1.54, 1.807) is 0 Å². The van der Waals surface area contributed by atoms with Crippen molar-refractivity contribution in [3.63, 3.8) is 0 Å². The number of rotatable bonds is 3. The highest BCUT2D eigenvalue weighted by molar-refractivity contribution is 8.14. The second kappa shape index (κ2) is 7.56. The molecule has 0 aromatic heterocycles. The normalized spacial score (nSPS) is 25.4. The Kier molecular flexibility index (Phi) is 5.48. The van der Waals surface area contributed by atoms with Gasteiger partial charge in [0.25, 0.3) is 0 Å². The lowest BCUT2D eigenvalue weighted by Gasteiger charge is -2.40. The standard InChI is InChI=1S/C18H23ClN2S/c1-2-17-12-13-21(16-6-4-3-5-7-16)18(22-17)20-15-10-8-14(19)9-11-15/h2,8-11,16-17H,1,3-7,12-13H2. The highest BCUT2D eigenvalue weighted by atomic mass is 35.5. The first-order chi connectivity index (χ1) is 10.8. The van der Waals surface area contributed by atoms with Crippen molar-refractivity contribution in [3.05, 3.63) is 41.9 Å². The van der Waals surface area contributed by atoms with E-state index in [2.05, 4.69) is 17.6 Å². The summed E-state index contributed by atoms with van der Waals surface area (Å²) >= 11 is 7.83. The second-order valence-electron chi connectivity index (χ2n) is 6.04. The molecule has 1 aliphatic carbocycles. The quantitative estimate of drug-likeness (QED) is 0.663. The van der Waals surface area contributed by atoms with Crippen LogP contribution in [0.4, 0.5) is 5.69 Å². The van der Waals surface area contributed by atoms with Crippen molar-refractivity contribution in [2.24, 2.45) is 4.99 Å². The highest BCUT2D eigenvalue weighted by Crippen LogP contribution is 2.33. The van der Waals surface area contributed by atoms with Gasteiger partial charge in [0.15, 0.2) is 5.17 Å². The molecule has 1 aliphatic heterocycles. The number of nitrogens with zero attached hydrogens (tertiary/aromatic N) is 2. The first-order valence-electron chi connectivity index (χ1n) is 8.16. The monoisotopic (exact) mass is 334 g/mol. The summed E-state index contributed by atoms with van der Waals surface area (Å²) in [6.07, 6.45) is 9.93. The van der Waals surface area contributed by atoms with Crippen molar-refractivity contribution in [2.75, 3.05) is 6.54 Å². The van der Waals surface area contributed by atoms with E-state index < -0.39 is 0 Å². The summed E-state index contributed by atoms with van der Waals surface area (Å²) in [5.74, 6) is 0. The molecule has 1 saturated heterocycles. The zero-order valence-electron chi connectivity index (χ0n) is 12.9. The zero-order valence-corrected chi connectivity index (χ0v) is 14.5. The smallest absolute Gasteiger partial charge is 0.165 e. The second-order valence-corrected chi connectivity index (χ2v) is 7.68. The Morgan fingerprint density at radius 3 is 2.55 bits per heavy atom. The molecular weight excluding hydrogens is 312 g/mol. The molecule has 118 valence electrons. The summed E-state index contributed by atoms with van der Waals surface area (Å²) < 4.78 is 0. The van der Waals surface area contributed by atoms with E-state index in [0.717, 1.165) is 22.4 Å². The van der Waals surface area contributed by atoms with Gasteiger partial charge in [-0.15, -0.1) is 6.58 Å². The molecule has 4 heteroatoms. The van der Waals surface area contributed by atoms with Crippen LogP contribution in [0.25, 0.3) is 0 Å². The topological polar surface area (TPSA) is 15.6 Å². The van der Waals surface area contributed by atoms with Gasteiger partial charge < -0.3 is 4.90 Å². The average Bonchev–Trinajstić information content (AvgIpc) is 2.57. The largest absolute Gasteiger partial charge is 0.348 e. The fourth-order valence-corrected chi connectivity index (χ4v) is 4.49. The first-order valence-corrected chi connectivity index (χ1v) is 9.42. The Balaban J connectivity index is 1.83. The molecule has 1 heterocycles. The minimum atomic E-state index is 0.478. The number of halogens is 1. The molecule has 1 aromatic carbocycles. The van der Waals surface area contributed by atoms with Crippen LogP contribution in [0.1, 0.15) is 38.5 Å². The molecule has 0 amide bonds. The van der Waals surface area contributed by atoms with Crippen LogP contribution in [-0.2, 0) is 0 Å². The lowest BCUT2D eigenvalue weighted by Crippen LogP contribution is -2.44. The lowest BCUT2D eigenvalue weighted by molar-refractivity contribution is 0.243. The highest BCUT2D eigenvalue weighted by Gasteiger charge is 2.29. The van der Waals surface area contributed by atoms with Crippen LogP contribution in [0.5, 0.6) is 0 Å². The van der Waals surface area contributed by atoms with Gasteiger partial charge in [-0.25, -0.2) is 4.99 Å². The van der Waals surface area contributed by atoms with Crippen LogP contribution in [0.15, 0.2) is 41.9 Å². The summed E-state index contributed by atoms with van der Waals surface area (Å²) in [6.45, 7) is 5.06. The Bertz CT molecular complexity index is 535. The molecule has 0 N–H and O–H groups in total. The Morgan fingerprint density at radius 2 is 1.86 bits per heavy atom. The fourth-order valence-electron chi connectivity index (χ4n) is 3.24. The molecule has 2 aliphatic rings. The maximum atomic E-state index is 5.97. The van der Waals surface area contributed by atoms with E-state index in [4.69, 9.17) is 16.6 Å². The van der Waals surface area contributed by atoms with Crippen LogP contribution >= 0.6 is 23.4 Å². The van der Waals surface area contributed by atoms with Gasteiger partial charge >= 0.3 is 0 Å². The third-order valence-corrected chi connectivity index (χ3v) is 6.01. The molecule has 0 spiro atoms. The molecule has 1 aromatic rings. The molecular formula is C18H23ClN2S. The van der Waals surface area contributed by atoms with Crippen molar-refractivity contribution < 1.29 is 0 Å². The summed E-state index contributed by atoms with van der Waals surface area (Å²) in [7, 11) is 0. The summed E-state index contributed by atoms with van der Waals surface area (Å²) in [6, 6.07) is 8.46. The predicted molar refractivity (Wildman–Crippen MR) is 98.3 cm³/mol. The van der Waals surface area contributed by atoms with Crippen molar-refractivity contribution >= 4 is 34.2 Å². The van der Waals surface area contributed by atoms with E-state index in [-0.39, 0.29) is 0 Å². The number of thioether (sulfide) groups is 1. The van der Waals surface area contributed by atoms with E-state index >= 15 is 0 Å². The molecule has 2 fully saturated rings. The van der Waals surface area contributed by atoms with E-state index in [1.807, 2.05) is 36.0 Å². The molecule has 1 atom stereocenters. The molecule has 0 bridgehead atoms. The van der Waals surface area contributed by atoms with E-state index in [0.29, 0.717) is 11.3 Å². The predicted octanol–water partition coefficient (Wildman–Crippen LogP) is 5.65. The summed E-state index contributed by atoms with van der Waals surface area (Å²) in [4.78, 5) is 7.45. The van der Waals surface area contributed by atoms with Gasteiger partial charge in [0.05, 0.1) is 5.69 Å². The van der Waals surface area contributed by atoms with E-state index in [1.165, 1.54) is 38.5 Å². The maximum absolute atomic E-state index is 5.97. The van der Waals surface area contributed by atoms with Crippen LogP contribution in [-0.4, -0.2) is 27.9 Å². The van der Waals surface area contributed by atoms with Crippen LogP contribution in [0, 0.1) is 0 Å². The van der Waals surface area contributed by atoms with Crippen LogP contribution < -0.4 is 0 Å². The van der Waals surface area contributed by atoms with Crippen molar-refractivity contribution in [1.82, 2.24) is 4.90 Å². The lowest BCUT2D eigenvalue weighted by atomic mass is 9.94. The van der Waals surface area contributed by atoms with Gasteiger partial charge in [-0.2, -0.15) is 0 Å². The van der Waals surface area contributed by atoms with Crippen molar-refractivity contribution in [1.29, 1.82) is 0 Å². The van der Waals surface area contributed by atoms with Gasteiger partial charge in [0, 0.05) is 22.9 Å². The van der Waals surface area contributed by atoms with Crippen LogP contribution in [0.2, 0.25) is 5.02 Å². The van der Waals surface area contributed by atoms with Gasteiger partial charge in [0.1, 0.15) is 0 Å². The molecule has 2 nitrogen and oxygen atoms in total. The zero-order chi connectivity index (χ0) is 15.4. The molecule has 0 radical (unpaired) electrons. The van der Waals surface area contributed by atoms with E-state index in [9.17, 15) is 0 Å². The minimum Gasteiger partial charge on any atom is -0.348 e. The summed E-state index contributed by atoms with van der Waals surface area (Å²) in [5, 5.41) is 2.39. The van der Waals surface area contributed by atoms with Gasteiger partial charge in [-0.1, -0.05) is 48.7 Å². The van der Waals surface area contributed by atoms with Crippen molar-refractivity contribution in [2.45, 2.75) is 49.8 Å². The Labute approximate surface area is 142 Å².